The first-order chi connectivity index (χ1) is 8.91. The molecule has 0 spiro atoms. The second-order valence-corrected chi connectivity index (χ2v) is 8.35. The monoisotopic (exact) mass is 322 g/mol. The third-order valence-electron chi connectivity index (χ3n) is 3.16. The van der Waals surface area contributed by atoms with Gasteiger partial charge < -0.3 is 5.73 Å². The number of rotatable bonds is 5. The first-order valence-corrected chi connectivity index (χ1v) is 8.60. The fourth-order valence-electron chi connectivity index (χ4n) is 2.31. The van der Waals surface area contributed by atoms with E-state index in [4.69, 9.17) is 17.3 Å². The van der Waals surface area contributed by atoms with Gasteiger partial charge in [-0.15, -0.1) is 11.3 Å². The summed E-state index contributed by atoms with van der Waals surface area (Å²) in [4.78, 5) is 11.1. The van der Waals surface area contributed by atoms with Crippen molar-refractivity contribution in [3.05, 3.63) is 16.5 Å². The Kier molecular flexibility index (Phi) is 4.50. The molecule has 1 aliphatic rings. The summed E-state index contributed by atoms with van der Waals surface area (Å²) in [5.41, 5.74) is 5.17. The van der Waals surface area contributed by atoms with E-state index < -0.39 is 15.9 Å². The van der Waals surface area contributed by atoms with Gasteiger partial charge in [0.2, 0.25) is 5.91 Å². The summed E-state index contributed by atoms with van der Waals surface area (Å²) in [6.45, 7) is -0.275. The van der Waals surface area contributed by atoms with E-state index in [0.29, 0.717) is 4.34 Å². The minimum Gasteiger partial charge on any atom is -0.369 e. The van der Waals surface area contributed by atoms with E-state index in [1.165, 1.54) is 16.4 Å². The van der Waals surface area contributed by atoms with Crippen LogP contribution in [0, 0.1) is 0 Å². The van der Waals surface area contributed by atoms with Crippen molar-refractivity contribution in [1.82, 2.24) is 4.31 Å². The van der Waals surface area contributed by atoms with Gasteiger partial charge >= 0.3 is 0 Å². The summed E-state index contributed by atoms with van der Waals surface area (Å²) in [6, 6.07) is 2.86. The Morgan fingerprint density at radius 3 is 2.53 bits per heavy atom. The lowest BCUT2D eigenvalue weighted by molar-refractivity contribution is -0.118. The van der Waals surface area contributed by atoms with Crippen molar-refractivity contribution in [2.24, 2.45) is 5.73 Å². The largest absolute Gasteiger partial charge is 0.369 e. The highest BCUT2D eigenvalue weighted by atomic mass is 35.5. The summed E-state index contributed by atoms with van der Waals surface area (Å²) in [7, 11) is -3.69. The minimum atomic E-state index is -3.69. The van der Waals surface area contributed by atoms with Gasteiger partial charge in [0.25, 0.3) is 10.0 Å². The van der Waals surface area contributed by atoms with Crippen molar-refractivity contribution in [3.63, 3.8) is 0 Å². The van der Waals surface area contributed by atoms with Crippen molar-refractivity contribution < 1.29 is 13.2 Å². The Labute approximate surface area is 121 Å². The number of hydrogen-bond acceptors (Lipinski definition) is 4. The molecule has 0 aromatic carbocycles. The molecule has 5 nitrogen and oxygen atoms in total. The van der Waals surface area contributed by atoms with Crippen LogP contribution >= 0.6 is 22.9 Å². The second kappa shape index (κ2) is 5.78. The maximum absolute atomic E-state index is 12.5. The number of thiophene rings is 1. The maximum Gasteiger partial charge on any atom is 0.253 e. The van der Waals surface area contributed by atoms with E-state index in [2.05, 4.69) is 0 Å². The Hall–Kier alpha value is -0.630. The molecule has 0 radical (unpaired) electrons. The van der Waals surface area contributed by atoms with Gasteiger partial charge in [-0.25, -0.2) is 8.42 Å². The van der Waals surface area contributed by atoms with Crippen molar-refractivity contribution in [2.75, 3.05) is 6.54 Å². The first-order valence-electron chi connectivity index (χ1n) is 5.97. The van der Waals surface area contributed by atoms with Crippen LogP contribution < -0.4 is 5.73 Å². The number of carbonyl (C=O) groups is 1. The molecule has 0 aliphatic heterocycles. The fourth-order valence-corrected chi connectivity index (χ4v) is 5.57. The highest BCUT2D eigenvalue weighted by Crippen LogP contribution is 2.32. The zero-order valence-corrected chi connectivity index (χ0v) is 12.6. The van der Waals surface area contributed by atoms with Crippen LogP contribution in [0.5, 0.6) is 0 Å². The maximum atomic E-state index is 12.5. The molecule has 2 N–H and O–H groups in total. The molecule has 0 atom stereocenters. The van der Waals surface area contributed by atoms with Gasteiger partial charge in [-0.3, -0.25) is 4.79 Å². The minimum absolute atomic E-state index is 0.140. The Bertz CT molecular complexity index is 564. The van der Waals surface area contributed by atoms with Crippen LogP contribution in [0.25, 0.3) is 0 Å². The molecule has 2 rings (SSSR count). The van der Waals surface area contributed by atoms with Gasteiger partial charge in [0, 0.05) is 6.04 Å². The number of hydrogen-bond donors (Lipinski definition) is 1. The van der Waals surface area contributed by atoms with E-state index in [1.807, 2.05) is 0 Å². The van der Waals surface area contributed by atoms with Crippen LogP contribution in [0.1, 0.15) is 25.7 Å². The summed E-state index contributed by atoms with van der Waals surface area (Å²) >= 11 is 6.77. The number of nitrogens with zero attached hydrogens (tertiary/aromatic N) is 1. The average Bonchev–Trinajstić information content (AvgIpc) is 2.96. The van der Waals surface area contributed by atoms with E-state index in [0.717, 1.165) is 37.0 Å². The number of carbonyl (C=O) groups excluding carboxylic acids is 1. The third-order valence-corrected chi connectivity index (χ3v) is 6.75. The lowest BCUT2D eigenvalue weighted by Crippen LogP contribution is -2.43. The van der Waals surface area contributed by atoms with Gasteiger partial charge in [-0.05, 0) is 25.0 Å². The van der Waals surface area contributed by atoms with E-state index >= 15 is 0 Å². The Morgan fingerprint density at radius 2 is 2.05 bits per heavy atom. The average molecular weight is 323 g/mol. The van der Waals surface area contributed by atoms with Crippen LogP contribution in [-0.2, 0) is 14.8 Å². The molecule has 106 valence electrons. The second-order valence-electron chi connectivity index (χ2n) is 4.51. The molecule has 0 unspecified atom stereocenters. The van der Waals surface area contributed by atoms with Crippen molar-refractivity contribution >= 4 is 38.9 Å². The molecular formula is C11H15ClN2O3S2. The normalized spacial score (nSPS) is 17.2. The number of amides is 1. The van der Waals surface area contributed by atoms with Crippen molar-refractivity contribution in [2.45, 2.75) is 35.9 Å². The zero-order valence-electron chi connectivity index (χ0n) is 10.2. The zero-order chi connectivity index (χ0) is 14.0. The Morgan fingerprint density at radius 1 is 1.42 bits per heavy atom. The summed E-state index contributed by atoms with van der Waals surface area (Å²) in [5.74, 6) is -0.641. The molecule has 0 saturated heterocycles. The lowest BCUT2D eigenvalue weighted by atomic mass is 10.2. The summed E-state index contributed by atoms with van der Waals surface area (Å²) in [5, 5.41) is 0. The van der Waals surface area contributed by atoms with Crippen molar-refractivity contribution in [1.29, 1.82) is 0 Å². The van der Waals surface area contributed by atoms with E-state index in [-0.39, 0.29) is 16.8 Å². The molecule has 1 aliphatic carbocycles. The highest BCUT2D eigenvalue weighted by molar-refractivity contribution is 7.91. The quantitative estimate of drug-likeness (QED) is 0.897. The molecular weight excluding hydrogens is 308 g/mol. The van der Waals surface area contributed by atoms with E-state index in [9.17, 15) is 13.2 Å². The molecule has 8 heteroatoms. The topological polar surface area (TPSA) is 80.5 Å². The number of halogens is 1. The molecule has 1 amide bonds. The molecule has 1 fully saturated rings. The molecule has 1 aromatic heterocycles. The van der Waals surface area contributed by atoms with Crippen LogP contribution in [0.4, 0.5) is 0 Å². The number of primary amides is 1. The molecule has 19 heavy (non-hydrogen) atoms. The van der Waals surface area contributed by atoms with E-state index in [1.54, 1.807) is 0 Å². The first kappa shape index (κ1) is 14.8. The van der Waals surface area contributed by atoms with Crippen LogP contribution in [-0.4, -0.2) is 31.2 Å². The number of nitrogens with two attached hydrogens (primary N) is 1. The smallest absolute Gasteiger partial charge is 0.253 e. The standard InChI is InChI=1S/C11H15ClN2O3S2/c12-9-5-6-11(18-9)19(16,17)14(7-10(13)15)8-3-1-2-4-8/h5-6,8H,1-4,7H2,(H2,13,15). The molecule has 0 bridgehead atoms. The van der Waals surface area contributed by atoms with Gasteiger partial charge in [-0.2, -0.15) is 4.31 Å². The van der Waals surface area contributed by atoms with Crippen LogP contribution in [0.2, 0.25) is 4.34 Å². The summed E-state index contributed by atoms with van der Waals surface area (Å²) < 4.78 is 26.9. The highest BCUT2D eigenvalue weighted by Gasteiger charge is 2.35. The lowest BCUT2D eigenvalue weighted by Gasteiger charge is -2.26. The van der Waals surface area contributed by atoms with Crippen molar-refractivity contribution in [3.8, 4) is 0 Å². The SMILES string of the molecule is NC(=O)CN(C1CCCC1)S(=O)(=O)c1ccc(Cl)s1. The van der Waals surface area contributed by atoms with Gasteiger partial charge in [0.1, 0.15) is 4.21 Å². The number of sulfonamides is 1. The molecule has 1 saturated carbocycles. The third kappa shape index (κ3) is 3.28. The summed E-state index contributed by atoms with van der Waals surface area (Å²) in [6.07, 6.45) is 3.48. The van der Waals surface area contributed by atoms with Gasteiger partial charge in [0.15, 0.2) is 0 Å². The molecule has 1 heterocycles. The Balaban J connectivity index is 2.33. The van der Waals surface area contributed by atoms with Gasteiger partial charge in [-0.1, -0.05) is 24.4 Å². The predicted molar refractivity (Wildman–Crippen MR) is 74.7 cm³/mol. The fraction of sp³-hybridized carbons (Fsp3) is 0.545. The van der Waals surface area contributed by atoms with Crippen LogP contribution in [0.15, 0.2) is 16.3 Å². The van der Waals surface area contributed by atoms with Gasteiger partial charge in [0.05, 0.1) is 10.9 Å². The predicted octanol–water partition coefficient (Wildman–Crippen LogP) is 1.82. The molecule has 1 aromatic rings. The van der Waals surface area contributed by atoms with Crippen LogP contribution in [0.3, 0.4) is 0 Å².